The summed E-state index contributed by atoms with van der Waals surface area (Å²) in [4.78, 5) is 24.7. The van der Waals surface area contributed by atoms with Gasteiger partial charge in [0.1, 0.15) is 17.9 Å². The van der Waals surface area contributed by atoms with Crippen LogP contribution in [0.2, 0.25) is 5.02 Å². The van der Waals surface area contributed by atoms with Gasteiger partial charge in [-0.3, -0.25) is 9.59 Å². The number of nitrogens with zero attached hydrogens (tertiary/aromatic N) is 1. The highest BCUT2D eigenvalue weighted by atomic mass is 35.5. The normalized spacial score (nSPS) is 16.4. The van der Waals surface area contributed by atoms with E-state index in [1.165, 1.54) is 10.6 Å². The van der Waals surface area contributed by atoms with Gasteiger partial charge in [-0.05, 0) is 56.4 Å². The number of hydrogen-bond acceptors (Lipinski definition) is 4. The molecule has 3 rings (SSSR count). The number of hydrogen-bond donors (Lipinski definition) is 0. The van der Waals surface area contributed by atoms with Crippen molar-refractivity contribution in [2.75, 3.05) is 6.61 Å². The molecule has 5 nitrogen and oxygen atoms in total. The maximum absolute atomic E-state index is 12.6. The highest BCUT2D eigenvalue weighted by Crippen LogP contribution is 2.36. The molecule has 0 N–H and O–H groups in total. The number of benzene rings is 1. The van der Waals surface area contributed by atoms with Crippen LogP contribution in [0.15, 0.2) is 35.3 Å². The molecule has 0 fully saturated rings. The number of esters is 1. The second-order valence-corrected chi connectivity index (χ2v) is 8.46. The first-order valence-corrected chi connectivity index (χ1v) is 9.38. The van der Waals surface area contributed by atoms with Gasteiger partial charge in [-0.25, -0.2) is 0 Å². The molecule has 1 aliphatic heterocycles. The van der Waals surface area contributed by atoms with Gasteiger partial charge < -0.3 is 14.0 Å². The van der Waals surface area contributed by atoms with Crippen LogP contribution in [0.5, 0.6) is 5.75 Å². The molecular formula is C21H24ClNO4. The van der Waals surface area contributed by atoms with Crippen LogP contribution >= 0.6 is 11.6 Å². The predicted molar refractivity (Wildman–Crippen MR) is 105 cm³/mol. The van der Waals surface area contributed by atoms with Gasteiger partial charge in [0, 0.05) is 16.7 Å². The van der Waals surface area contributed by atoms with E-state index >= 15 is 0 Å². The van der Waals surface area contributed by atoms with E-state index in [0.29, 0.717) is 28.9 Å². The quantitative estimate of drug-likeness (QED) is 0.726. The van der Waals surface area contributed by atoms with Crippen LogP contribution in [-0.2, 0) is 22.5 Å². The van der Waals surface area contributed by atoms with E-state index < -0.39 is 11.6 Å². The summed E-state index contributed by atoms with van der Waals surface area (Å²) in [6, 6.07) is 7.22. The fourth-order valence-corrected chi connectivity index (χ4v) is 3.33. The van der Waals surface area contributed by atoms with Crippen LogP contribution in [0.25, 0.3) is 11.1 Å². The minimum Gasteiger partial charge on any atom is -0.491 e. The van der Waals surface area contributed by atoms with Gasteiger partial charge in [0.25, 0.3) is 5.56 Å². The number of fused-ring (bicyclic) bond motifs is 3. The molecule has 1 aromatic heterocycles. The second-order valence-electron chi connectivity index (χ2n) is 8.03. The number of halogens is 1. The lowest BCUT2D eigenvalue weighted by Gasteiger charge is -2.23. The Balaban J connectivity index is 2.03. The standard InChI is InChI=1S/C21H24ClNO4/c1-13-7-14-5-6-15(22)8-16(14)17-9-19(24)23(10-18(17)26-12-13)11-20(25)27-21(2,3)4/h5-6,8-10,13H,7,11-12H2,1-4H3. The average molecular weight is 390 g/mol. The molecule has 6 heteroatoms. The Morgan fingerprint density at radius 1 is 1.30 bits per heavy atom. The topological polar surface area (TPSA) is 57.5 Å². The van der Waals surface area contributed by atoms with Crippen molar-refractivity contribution in [3.05, 3.63) is 51.4 Å². The number of rotatable bonds is 2. The first-order chi connectivity index (χ1) is 12.6. The van der Waals surface area contributed by atoms with Gasteiger partial charge in [0.2, 0.25) is 0 Å². The zero-order valence-corrected chi connectivity index (χ0v) is 16.8. The van der Waals surface area contributed by atoms with Crippen LogP contribution in [0, 0.1) is 5.92 Å². The summed E-state index contributed by atoms with van der Waals surface area (Å²) in [5.74, 6) is 0.407. The lowest BCUT2D eigenvalue weighted by atomic mass is 9.92. The molecule has 0 spiro atoms. The van der Waals surface area contributed by atoms with E-state index in [9.17, 15) is 9.59 Å². The lowest BCUT2D eigenvalue weighted by Crippen LogP contribution is -2.30. The molecule has 0 radical (unpaired) electrons. The summed E-state index contributed by atoms with van der Waals surface area (Å²) < 4.78 is 12.6. The zero-order chi connectivity index (χ0) is 19.8. The minimum absolute atomic E-state index is 0.162. The first-order valence-electron chi connectivity index (χ1n) is 9.00. The van der Waals surface area contributed by atoms with E-state index in [1.54, 1.807) is 27.0 Å². The van der Waals surface area contributed by atoms with Gasteiger partial charge in [-0.2, -0.15) is 0 Å². The molecule has 2 aromatic rings. The number of pyridine rings is 1. The Labute approximate surface area is 163 Å². The molecule has 0 saturated heterocycles. The van der Waals surface area contributed by atoms with Crippen LogP contribution < -0.4 is 10.3 Å². The third-order valence-corrected chi connectivity index (χ3v) is 4.50. The number of aromatic nitrogens is 1. The highest BCUT2D eigenvalue weighted by Gasteiger charge is 2.21. The Bertz CT molecular complexity index is 927. The van der Waals surface area contributed by atoms with Crippen LogP contribution in [0.4, 0.5) is 0 Å². The van der Waals surface area contributed by atoms with Gasteiger partial charge in [-0.15, -0.1) is 0 Å². The third-order valence-electron chi connectivity index (χ3n) is 4.26. The van der Waals surface area contributed by atoms with E-state index in [1.807, 2.05) is 18.2 Å². The van der Waals surface area contributed by atoms with Crippen molar-refractivity contribution in [3.63, 3.8) is 0 Å². The third kappa shape index (κ3) is 4.72. The molecule has 27 heavy (non-hydrogen) atoms. The first kappa shape index (κ1) is 19.5. The van der Waals surface area contributed by atoms with E-state index in [-0.39, 0.29) is 12.1 Å². The Morgan fingerprint density at radius 2 is 2.04 bits per heavy atom. The van der Waals surface area contributed by atoms with Crippen molar-refractivity contribution in [1.82, 2.24) is 4.57 Å². The van der Waals surface area contributed by atoms with Crippen molar-refractivity contribution >= 4 is 17.6 Å². The molecule has 1 unspecified atom stereocenters. The fraction of sp³-hybridized carbons (Fsp3) is 0.429. The largest absolute Gasteiger partial charge is 0.491 e. The maximum atomic E-state index is 12.6. The average Bonchev–Trinajstić information content (AvgIpc) is 2.54. The van der Waals surface area contributed by atoms with E-state index in [2.05, 4.69) is 6.92 Å². The monoisotopic (exact) mass is 389 g/mol. The van der Waals surface area contributed by atoms with Crippen LogP contribution in [-0.4, -0.2) is 22.7 Å². The Kier molecular flexibility index (Phi) is 5.33. The molecule has 1 aliphatic rings. The molecule has 144 valence electrons. The molecule has 0 bridgehead atoms. The summed E-state index contributed by atoms with van der Waals surface area (Å²) >= 11 is 6.19. The van der Waals surface area contributed by atoms with Crippen molar-refractivity contribution in [2.24, 2.45) is 5.92 Å². The smallest absolute Gasteiger partial charge is 0.326 e. The van der Waals surface area contributed by atoms with Crippen LogP contribution in [0.1, 0.15) is 33.3 Å². The molecule has 2 heterocycles. The van der Waals surface area contributed by atoms with Crippen molar-refractivity contribution in [2.45, 2.75) is 46.3 Å². The molecule has 0 saturated carbocycles. The maximum Gasteiger partial charge on any atom is 0.326 e. The number of ether oxygens (including phenoxy) is 2. The van der Waals surface area contributed by atoms with E-state index in [0.717, 1.165) is 17.5 Å². The van der Waals surface area contributed by atoms with Gasteiger partial charge >= 0.3 is 5.97 Å². The predicted octanol–water partition coefficient (Wildman–Crippen LogP) is 4.08. The molecule has 0 amide bonds. The van der Waals surface area contributed by atoms with Gasteiger partial charge in [0.15, 0.2) is 0 Å². The van der Waals surface area contributed by atoms with Crippen LogP contribution in [0.3, 0.4) is 0 Å². The zero-order valence-electron chi connectivity index (χ0n) is 16.0. The molecule has 0 aliphatic carbocycles. The van der Waals surface area contributed by atoms with Crippen molar-refractivity contribution < 1.29 is 14.3 Å². The van der Waals surface area contributed by atoms with Crippen molar-refractivity contribution in [3.8, 4) is 16.9 Å². The Hall–Kier alpha value is -2.27. The summed E-state index contributed by atoms with van der Waals surface area (Å²) in [6.45, 7) is 7.85. The fourth-order valence-electron chi connectivity index (χ4n) is 3.16. The number of carbonyl (C=O) groups excluding carboxylic acids is 1. The summed E-state index contributed by atoms with van der Waals surface area (Å²) in [7, 11) is 0. The highest BCUT2D eigenvalue weighted by molar-refractivity contribution is 6.30. The molecule has 1 aromatic carbocycles. The van der Waals surface area contributed by atoms with Gasteiger partial charge in [0.05, 0.1) is 12.8 Å². The minimum atomic E-state index is -0.605. The molecule has 1 atom stereocenters. The summed E-state index contributed by atoms with van der Waals surface area (Å²) in [5.41, 5.74) is 1.82. The van der Waals surface area contributed by atoms with E-state index in [4.69, 9.17) is 21.1 Å². The molecular weight excluding hydrogens is 366 g/mol. The lowest BCUT2D eigenvalue weighted by molar-refractivity contribution is -0.155. The second kappa shape index (κ2) is 7.39. The summed E-state index contributed by atoms with van der Waals surface area (Å²) in [5, 5.41) is 0.603. The summed E-state index contributed by atoms with van der Waals surface area (Å²) in [6.07, 6.45) is 2.43. The Morgan fingerprint density at radius 3 is 2.74 bits per heavy atom. The van der Waals surface area contributed by atoms with Crippen molar-refractivity contribution in [1.29, 1.82) is 0 Å². The SMILES string of the molecule is CC1COc2cn(CC(=O)OC(C)(C)C)c(=O)cc2-c2cc(Cl)ccc2C1. The number of carbonyl (C=O) groups is 1. The van der Waals surface area contributed by atoms with Gasteiger partial charge in [-0.1, -0.05) is 24.6 Å².